The third-order valence-electron chi connectivity index (χ3n) is 3.97. The summed E-state index contributed by atoms with van der Waals surface area (Å²) >= 11 is 0. The molecule has 1 aliphatic rings. The molecular formula is C16H25N3O. The summed E-state index contributed by atoms with van der Waals surface area (Å²) < 4.78 is 0. The lowest BCUT2D eigenvalue weighted by Gasteiger charge is -2.36. The van der Waals surface area contributed by atoms with Crippen molar-refractivity contribution >= 4 is 11.7 Å². The fraction of sp³-hybridized carbons (Fsp3) is 0.625. The van der Waals surface area contributed by atoms with Crippen molar-refractivity contribution in [1.29, 1.82) is 0 Å². The third-order valence-corrected chi connectivity index (χ3v) is 3.97. The molecule has 1 aromatic rings. The third kappa shape index (κ3) is 3.30. The number of piperidine rings is 1. The van der Waals surface area contributed by atoms with Crippen LogP contribution in [0.4, 0.5) is 5.82 Å². The number of nitrogens with zero attached hydrogens (tertiary/aromatic N) is 2. The molecule has 2 rings (SSSR count). The van der Waals surface area contributed by atoms with Gasteiger partial charge in [-0.1, -0.05) is 13.3 Å². The fourth-order valence-electron chi connectivity index (χ4n) is 2.99. The molecule has 1 unspecified atom stereocenters. The number of aryl methyl sites for hydroxylation is 1. The van der Waals surface area contributed by atoms with Crippen LogP contribution in [0.15, 0.2) is 12.1 Å². The first-order valence-electron chi connectivity index (χ1n) is 7.63. The number of nitrogens with one attached hydrogen (secondary N) is 1. The number of pyridine rings is 1. The number of likely N-dealkylation sites (tertiary alicyclic amines) is 1. The van der Waals surface area contributed by atoms with Gasteiger partial charge in [0, 0.05) is 30.9 Å². The van der Waals surface area contributed by atoms with E-state index >= 15 is 0 Å². The summed E-state index contributed by atoms with van der Waals surface area (Å²) in [6, 6.07) is 4.15. The monoisotopic (exact) mass is 275 g/mol. The quantitative estimate of drug-likeness (QED) is 0.917. The molecule has 0 spiro atoms. The smallest absolute Gasteiger partial charge is 0.254 e. The number of aromatic nitrogens is 1. The molecule has 2 heterocycles. The molecule has 110 valence electrons. The lowest BCUT2D eigenvalue weighted by atomic mass is 9.97. The number of carbonyl (C=O) groups excluding carboxylic acids is 1. The standard InChI is InChI=1S/C16H25N3O/c1-4-7-14-8-5-6-9-19(14)16(20)13-10-12(2)18-15(11-13)17-3/h10-11,14H,4-9H2,1-3H3,(H,17,18). The first kappa shape index (κ1) is 14.8. The highest BCUT2D eigenvalue weighted by atomic mass is 16.2. The van der Waals surface area contributed by atoms with Crippen molar-refractivity contribution in [3.8, 4) is 0 Å². The predicted octanol–water partition coefficient (Wildman–Crippen LogP) is 3.23. The molecule has 1 aliphatic heterocycles. The molecule has 1 amide bonds. The van der Waals surface area contributed by atoms with Gasteiger partial charge in [-0.3, -0.25) is 4.79 Å². The topological polar surface area (TPSA) is 45.2 Å². The van der Waals surface area contributed by atoms with Crippen LogP contribution in [-0.4, -0.2) is 35.4 Å². The van der Waals surface area contributed by atoms with Crippen LogP contribution in [0, 0.1) is 6.92 Å². The van der Waals surface area contributed by atoms with Crippen molar-refractivity contribution in [3.63, 3.8) is 0 Å². The summed E-state index contributed by atoms with van der Waals surface area (Å²) in [7, 11) is 1.83. The number of carbonyl (C=O) groups is 1. The van der Waals surface area contributed by atoms with Gasteiger partial charge in [0.25, 0.3) is 5.91 Å². The normalized spacial score (nSPS) is 18.9. The number of hydrogen-bond donors (Lipinski definition) is 1. The summed E-state index contributed by atoms with van der Waals surface area (Å²) in [5.41, 5.74) is 1.63. The maximum Gasteiger partial charge on any atom is 0.254 e. The largest absolute Gasteiger partial charge is 0.373 e. The molecule has 1 N–H and O–H groups in total. The van der Waals surface area contributed by atoms with Crippen LogP contribution >= 0.6 is 0 Å². The summed E-state index contributed by atoms with van der Waals surface area (Å²) in [6.07, 6.45) is 5.74. The maximum atomic E-state index is 12.8. The second-order valence-electron chi connectivity index (χ2n) is 5.57. The molecule has 0 bridgehead atoms. The highest BCUT2D eigenvalue weighted by molar-refractivity contribution is 5.95. The Morgan fingerprint density at radius 3 is 2.95 bits per heavy atom. The van der Waals surface area contributed by atoms with Crippen LogP contribution in [0.1, 0.15) is 55.1 Å². The zero-order valence-electron chi connectivity index (χ0n) is 12.8. The van der Waals surface area contributed by atoms with Crippen molar-refractivity contribution in [1.82, 2.24) is 9.88 Å². The molecule has 4 heteroatoms. The first-order chi connectivity index (χ1) is 9.65. The fourth-order valence-corrected chi connectivity index (χ4v) is 2.99. The Labute approximate surface area is 121 Å². The molecule has 0 aliphatic carbocycles. The van der Waals surface area contributed by atoms with Crippen molar-refractivity contribution in [3.05, 3.63) is 23.4 Å². The van der Waals surface area contributed by atoms with Crippen LogP contribution in [0.5, 0.6) is 0 Å². The van der Waals surface area contributed by atoms with Crippen LogP contribution in [-0.2, 0) is 0 Å². The second kappa shape index (κ2) is 6.73. The Hall–Kier alpha value is -1.58. The lowest BCUT2D eigenvalue weighted by molar-refractivity contribution is 0.0600. The van der Waals surface area contributed by atoms with Crippen molar-refractivity contribution < 1.29 is 4.79 Å². The number of anilines is 1. The minimum Gasteiger partial charge on any atom is -0.373 e. The van der Waals surface area contributed by atoms with E-state index in [4.69, 9.17) is 0 Å². The van der Waals surface area contributed by atoms with E-state index in [0.29, 0.717) is 6.04 Å². The van der Waals surface area contributed by atoms with Gasteiger partial charge in [0.05, 0.1) is 0 Å². The second-order valence-corrected chi connectivity index (χ2v) is 5.57. The maximum absolute atomic E-state index is 12.8. The van der Waals surface area contributed by atoms with Crippen LogP contribution in [0.3, 0.4) is 0 Å². The van der Waals surface area contributed by atoms with Gasteiger partial charge in [-0.15, -0.1) is 0 Å². The van der Waals surface area contributed by atoms with E-state index in [-0.39, 0.29) is 5.91 Å². The molecule has 0 saturated carbocycles. The van der Waals surface area contributed by atoms with Gasteiger partial charge in [0.1, 0.15) is 5.82 Å². The molecule has 1 atom stereocenters. The van der Waals surface area contributed by atoms with E-state index < -0.39 is 0 Å². The van der Waals surface area contributed by atoms with E-state index in [9.17, 15) is 4.79 Å². The average molecular weight is 275 g/mol. The summed E-state index contributed by atoms with van der Waals surface area (Å²) in [6.45, 7) is 5.00. The van der Waals surface area contributed by atoms with Crippen molar-refractivity contribution in [2.45, 2.75) is 52.0 Å². The Bertz CT molecular complexity index is 471. The van der Waals surface area contributed by atoms with Crippen LogP contribution < -0.4 is 5.32 Å². The Balaban J connectivity index is 2.22. The molecule has 1 fully saturated rings. The van der Waals surface area contributed by atoms with Crippen LogP contribution in [0.25, 0.3) is 0 Å². The van der Waals surface area contributed by atoms with Crippen molar-refractivity contribution in [2.75, 3.05) is 18.9 Å². The molecule has 0 radical (unpaired) electrons. The zero-order valence-corrected chi connectivity index (χ0v) is 12.8. The number of hydrogen-bond acceptors (Lipinski definition) is 3. The van der Waals surface area contributed by atoms with Crippen molar-refractivity contribution in [2.24, 2.45) is 0 Å². The summed E-state index contributed by atoms with van der Waals surface area (Å²) in [5.74, 6) is 0.919. The van der Waals surface area contributed by atoms with Gasteiger partial charge in [-0.25, -0.2) is 4.98 Å². The highest BCUT2D eigenvalue weighted by Gasteiger charge is 2.27. The van der Waals surface area contributed by atoms with E-state index in [1.807, 2.05) is 26.1 Å². The zero-order chi connectivity index (χ0) is 14.5. The molecular weight excluding hydrogens is 250 g/mol. The predicted molar refractivity (Wildman–Crippen MR) is 82.1 cm³/mol. The molecule has 1 saturated heterocycles. The molecule has 4 nitrogen and oxygen atoms in total. The summed E-state index contributed by atoms with van der Waals surface area (Å²) in [4.78, 5) is 19.2. The average Bonchev–Trinajstić information content (AvgIpc) is 2.46. The Morgan fingerprint density at radius 2 is 2.25 bits per heavy atom. The SMILES string of the molecule is CCCC1CCCCN1C(=O)c1cc(C)nc(NC)c1. The summed E-state index contributed by atoms with van der Waals surface area (Å²) in [5, 5.41) is 3.02. The molecule has 0 aromatic carbocycles. The van der Waals surface area contributed by atoms with Gasteiger partial charge in [-0.05, 0) is 44.7 Å². The van der Waals surface area contributed by atoms with E-state index in [1.165, 1.54) is 6.42 Å². The highest BCUT2D eigenvalue weighted by Crippen LogP contribution is 2.23. The van der Waals surface area contributed by atoms with Gasteiger partial charge < -0.3 is 10.2 Å². The molecule has 20 heavy (non-hydrogen) atoms. The van der Waals surface area contributed by atoms with Gasteiger partial charge in [-0.2, -0.15) is 0 Å². The van der Waals surface area contributed by atoms with Gasteiger partial charge in [0.15, 0.2) is 0 Å². The van der Waals surface area contributed by atoms with E-state index in [1.54, 1.807) is 0 Å². The lowest BCUT2D eigenvalue weighted by Crippen LogP contribution is -2.43. The number of rotatable bonds is 4. The van der Waals surface area contributed by atoms with E-state index in [0.717, 1.165) is 49.3 Å². The van der Waals surface area contributed by atoms with E-state index in [2.05, 4.69) is 22.1 Å². The first-order valence-corrected chi connectivity index (χ1v) is 7.63. The minimum atomic E-state index is 0.158. The Kier molecular flexibility index (Phi) is 4.99. The molecule has 1 aromatic heterocycles. The number of amides is 1. The van der Waals surface area contributed by atoms with Crippen LogP contribution in [0.2, 0.25) is 0 Å². The Morgan fingerprint density at radius 1 is 1.45 bits per heavy atom. The van der Waals surface area contributed by atoms with Gasteiger partial charge in [0.2, 0.25) is 0 Å². The minimum absolute atomic E-state index is 0.158. The van der Waals surface area contributed by atoms with Gasteiger partial charge >= 0.3 is 0 Å².